The number of fused-ring (bicyclic) bond motifs is 1. The zero-order valence-electron chi connectivity index (χ0n) is 20.1. The summed E-state index contributed by atoms with van der Waals surface area (Å²) in [5.41, 5.74) is 5.86. The Hall–Kier alpha value is -3.85. The molecule has 0 bridgehead atoms. The maximum absolute atomic E-state index is 14.7. The molecule has 0 aliphatic heterocycles. The maximum atomic E-state index is 14.7. The van der Waals surface area contributed by atoms with Gasteiger partial charge in [-0.15, -0.1) is 0 Å². The van der Waals surface area contributed by atoms with Gasteiger partial charge in [-0.05, 0) is 63.5 Å². The Morgan fingerprint density at radius 2 is 1.86 bits per heavy atom. The number of aliphatic hydroxyl groups excluding tert-OH is 1. The van der Waals surface area contributed by atoms with Gasteiger partial charge in [0.1, 0.15) is 11.2 Å². The molecular weight excluding hydrogens is 482 g/mol. The fraction of sp³-hybridized carbons (Fsp3) is 0.480. The van der Waals surface area contributed by atoms with Gasteiger partial charge in [-0.2, -0.15) is 10.2 Å². The van der Waals surface area contributed by atoms with E-state index in [1.54, 1.807) is 16.8 Å². The second-order valence-electron chi connectivity index (χ2n) is 9.83. The number of primary amides is 1. The minimum atomic E-state index is -0.920. The van der Waals surface area contributed by atoms with Crippen molar-refractivity contribution in [1.29, 1.82) is 5.26 Å². The van der Waals surface area contributed by atoms with Crippen LogP contribution in [-0.2, 0) is 4.79 Å². The first-order valence-corrected chi connectivity index (χ1v) is 12.5. The number of carbonyl (C=O) groups is 1. The average Bonchev–Trinajstić information content (AvgIpc) is 3.23. The van der Waals surface area contributed by atoms with Gasteiger partial charge in [-0.1, -0.05) is 0 Å². The molecule has 12 heteroatoms. The normalized spacial score (nSPS) is 23.9. The van der Waals surface area contributed by atoms with Crippen molar-refractivity contribution in [2.45, 2.75) is 69.6 Å². The predicted octanol–water partition coefficient (Wildman–Crippen LogP) is 3.65. The first kappa shape index (κ1) is 24.8. The predicted molar refractivity (Wildman–Crippen MR) is 132 cm³/mol. The molecule has 0 radical (unpaired) electrons. The number of imidazole rings is 1. The molecule has 37 heavy (non-hydrogen) atoms. The lowest BCUT2D eigenvalue weighted by molar-refractivity contribution is -0.122. The molecule has 3 aromatic rings. The van der Waals surface area contributed by atoms with Gasteiger partial charge in [-0.25, -0.2) is 18.7 Å². The van der Waals surface area contributed by atoms with Crippen molar-refractivity contribution in [2.24, 2.45) is 11.7 Å². The molecule has 1 unspecified atom stereocenters. The smallest absolute Gasteiger partial charge is 0.224 e. The summed E-state index contributed by atoms with van der Waals surface area (Å²) in [6.45, 7) is 0. The zero-order valence-corrected chi connectivity index (χ0v) is 20.1. The van der Waals surface area contributed by atoms with E-state index in [0.29, 0.717) is 49.2 Å². The van der Waals surface area contributed by atoms with Crippen molar-refractivity contribution in [1.82, 2.24) is 19.5 Å². The van der Waals surface area contributed by atoms with Crippen LogP contribution in [0.4, 0.5) is 26.4 Å². The molecule has 0 saturated heterocycles. The van der Waals surface area contributed by atoms with Crippen molar-refractivity contribution >= 4 is 34.7 Å². The lowest BCUT2D eigenvalue weighted by Crippen LogP contribution is -2.30. The first-order valence-electron chi connectivity index (χ1n) is 12.5. The number of rotatable bonds is 6. The number of nitrogens with one attached hydrogen (secondary N) is 2. The summed E-state index contributed by atoms with van der Waals surface area (Å²) in [5.74, 6) is -1.84. The van der Waals surface area contributed by atoms with E-state index in [2.05, 4.69) is 20.6 Å². The summed E-state index contributed by atoms with van der Waals surface area (Å²) in [6.07, 6.45) is 6.71. The molecule has 2 fully saturated rings. The van der Waals surface area contributed by atoms with E-state index in [1.165, 1.54) is 0 Å². The van der Waals surface area contributed by atoms with Crippen LogP contribution in [0, 0.1) is 28.9 Å². The van der Waals surface area contributed by atoms with E-state index in [9.17, 15) is 18.7 Å². The van der Waals surface area contributed by atoms with Crippen molar-refractivity contribution in [3.8, 4) is 6.07 Å². The fourth-order valence-corrected chi connectivity index (χ4v) is 5.36. The molecule has 2 aliphatic carbocycles. The molecule has 0 spiro atoms. The summed E-state index contributed by atoms with van der Waals surface area (Å²) in [4.78, 5) is 25.3. The van der Waals surface area contributed by atoms with E-state index in [0.717, 1.165) is 31.4 Å². The summed E-state index contributed by atoms with van der Waals surface area (Å²) in [5, 5.41) is 25.1. The van der Waals surface area contributed by atoms with Gasteiger partial charge in [-0.3, -0.25) is 9.36 Å². The summed E-state index contributed by atoms with van der Waals surface area (Å²) in [6, 6.07) is 3.53. The number of hydrogen-bond acceptors (Lipinski definition) is 8. The highest BCUT2D eigenvalue weighted by Crippen LogP contribution is 2.37. The number of halogens is 2. The van der Waals surface area contributed by atoms with Gasteiger partial charge in [0.25, 0.3) is 0 Å². The Kier molecular flexibility index (Phi) is 6.88. The van der Waals surface area contributed by atoms with Crippen molar-refractivity contribution in [2.75, 3.05) is 10.6 Å². The Morgan fingerprint density at radius 1 is 1.14 bits per heavy atom. The molecule has 5 N–H and O–H groups in total. The number of nitrogens with zero attached hydrogens (tertiary/aromatic N) is 5. The van der Waals surface area contributed by atoms with Crippen LogP contribution >= 0.6 is 0 Å². The second kappa shape index (κ2) is 10.3. The van der Waals surface area contributed by atoms with Crippen LogP contribution in [-0.4, -0.2) is 42.7 Å². The third-order valence-electron chi connectivity index (χ3n) is 7.28. The quantitative estimate of drug-likeness (QED) is 0.392. The van der Waals surface area contributed by atoms with E-state index < -0.39 is 17.3 Å². The maximum Gasteiger partial charge on any atom is 0.224 e. The van der Waals surface area contributed by atoms with Gasteiger partial charge in [0, 0.05) is 18.0 Å². The number of aromatic nitrogens is 4. The number of anilines is 3. The van der Waals surface area contributed by atoms with Gasteiger partial charge < -0.3 is 21.5 Å². The number of carbonyl (C=O) groups excluding carboxylic acids is 1. The highest BCUT2D eigenvalue weighted by Gasteiger charge is 2.30. The minimum absolute atomic E-state index is 0.0306. The van der Waals surface area contributed by atoms with Crippen molar-refractivity contribution in [3.05, 3.63) is 35.5 Å². The minimum Gasteiger partial charge on any atom is -0.393 e. The van der Waals surface area contributed by atoms with Crippen LogP contribution in [0.3, 0.4) is 0 Å². The van der Waals surface area contributed by atoms with Crippen LogP contribution in [0.2, 0.25) is 0 Å². The highest BCUT2D eigenvalue weighted by atomic mass is 19.1. The largest absolute Gasteiger partial charge is 0.393 e. The van der Waals surface area contributed by atoms with Crippen LogP contribution in [0.1, 0.15) is 63.0 Å². The fourth-order valence-electron chi connectivity index (χ4n) is 5.36. The molecule has 1 amide bonds. The van der Waals surface area contributed by atoms with Crippen LogP contribution in [0.15, 0.2) is 18.3 Å². The Labute approximate surface area is 211 Å². The first-order chi connectivity index (χ1) is 17.8. The molecule has 2 atom stereocenters. The summed E-state index contributed by atoms with van der Waals surface area (Å²) >= 11 is 0. The van der Waals surface area contributed by atoms with E-state index >= 15 is 0 Å². The monoisotopic (exact) mass is 510 g/mol. The standard InChI is InChI=1S/C25H28F2N8O2/c26-18-8-13(11-28)9-19(27)21(18)33-25-32-20-12-30-24(31-15-2-1-3-17(36)10-15)34-23(20)35(25)16-6-4-14(5-7-16)22(29)37/h8-9,12,14-17,36H,1-7,10H2,(H2,29,37)(H,32,33)(H,30,31,34)/t14-,15-,16+,17?/m1/s1. The van der Waals surface area contributed by atoms with Crippen molar-refractivity contribution in [3.63, 3.8) is 0 Å². The second-order valence-corrected chi connectivity index (χ2v) is 9.83. The molecule has 5 rings (SSSR count). The number of amides is 1. The Morgan fingerprint density at radius 3 is 2.51 bits per heavy atom. The number of nitrogens with two attached hydrogens (primary N) is 1. The molecular formula is C25H28F2N8O2. The van der Waals surface area contributed by atoms with E-state index in [-0.39, 0.29) is 41.5 Å². The number of nitriles is 1. The molecule has 2 aliphatic rings. The zero-order chi connectivity index (χ0) is 26.1. The third-order valence-corrected chi connectivity index (χ3v) is 7.28. The summed E-state index contributed by atoms with van der Waals surface area (Å²) < 4.78 is 31.2. The molecule has 2 heterocycles. The van der Waals surface area contributed by atoms with E-state index in [4.69, 9.17) is 16.0 Å². The van der Waals surface area contributed by atoms with Crippen LogP contribution in [0.25, 0.3) is 11.2 Å². The van der Waals surface area contributed by atoms with Crippen LogP contribution < -0.4 is 16.4 Å². The van der Waals surface area contributed by atoms with E-state index in [1.807, 2.05) is 0 Å². The van der Waals surface area contributed by atoms with Gasteiger partial charge >= 0.3 is 0 Å². The van der Waals surface area contributed by atoms with Crippen molar-refractivity contribution < 1.29 is 18.7 Å². The Balaban J connectivity index is 1.52. The van der Waals surface area contributed by atoms with Crippen LogP contribution in [0.5, 0.6) is 0 Å². The third kappa shape index (κ3) is 5.17. The van der Waals surface area contributed by atoms with Gasteiger partial charge in [0.05, 0.1) is 23.9 Å². The molecule has 194 valence electrons. The summed E-state index contributed by atoms with van der Waals surface area (Å²) in [7, 11) is 0. The average molecular weight is 511 g/mol. The number of benzene rings is 1. The topological polar surface area (TPSA) is 155 Å². The number of hydrogen-bond donors (Lipinski definition) is 4. The lowest BCUT2D eigenvalue weighted by Gasteiger charge is -2.29. The van der Waals surface area contributed by atoms with Gasteiger partial charge in [0.2, 0.25) is 17.8 Å². The molecule has 10 nitrogen and oxygen atoms in total. The lowest BCUT2D eigenvalue weighted by atomic mass is 9.85. The number of aliphatic hydroxyl groups is 1. The SMILES string of the molecule is N#Cc1cc(F)c(Nc2nc3cnc(N[C@@H]4CCCC(O)C4)nc3n2[C@H]2CC[C@@H](C(N)=O)CC2)c(F)c1. The molecule has 2 saturated carbocycles. The van der Waals surface area contributed by atoms with Gasteiger partial charge in [0.15, 0.2) is 17.3 Å². The Bertz CT molecular complexity index is 1340. The molecule has 2 aromatic heterocycles. The molecule has 1 aromatic carbocycles. The highest BCUT2D eigenvalue weighted by molar-refractivity contribution is 5.78.